The Morgan fingerprint density at radius 2 is 1.62 bits per heavy atom. The molecule has 0 saturated carbocycles. The minimum absolute atomic E-state index is 0.0635. The number of aryl methyl sites for hydroxylation is 1. The van der Waals surface area contributed by atoms with E-state index in [9.17, 15) is 16.8 Å². The maximum atomic E-state index is 13.6. The Labute approximate surface area is 196 Å². The van der Waals surface area contributed by atoms with Crippen LogP contribution in [0.1, 0.15) is 59.4 Å². The lowest BCUT2D eigenvalue weighted by Crippen LogP contribution is -2.48. The maximum Gasteiger partial charge on any atom is 0.265 e. The molecule has 0 radical (unpaired) electrons. The molecule has 0 aliphatic rings. The molecule has 0 amide bonds. The average molecular weight is 505 g/mol. The third-order valence-corrected chi connectivity index (χ3v) is 12.9. The van der Waals surface area contributed by atoms with E-state index in [1.54, 1.807) is 25.1 Å². The van der Waals surface area contributed by atoms with Crippen LogP contribution in [0, 0.1) is 6.92 Å². The van der Waals surface area contributed by atoms with E-state index in [2.05, 4.69) is 20.8 Å². The molecule has 9 heteroatoms. The van der Waals surface area contributed by atoms with E-state index in [1.165, 1.54) is 12.1 Å². The molecule has 1 aromatic rings. The van der Waals surface area contributed by atoms with Crippen LogP contribution >= 0.6 is 0 Å². The zero-order chi connectivity index (χ0) is 25.0. The van der Waals surface area contributed by atoms with Crippen LogP contribution in [0.3, 0.4) is 0 Å². The summed E-state index contributed by atoms with van der Waals surface area (Å²) in [6, 6.07) is 6.52. The van der Waals surface area contributed by atoms with E-state index in [0.717, 1.165) is 24.7 Å². The molecule has 0 unspecified atom stereocenters. The summed E-state index contributed by atoms with van der Waals surface area (Å²) in [7, 11) is -10.3. The quantitative estimate of drug-likeness (QED) is 0.221. The van der Waals surface area contributed by atoms with Gasteiger partial charge in [-0.05, 0) is 50.5 Å². The Bertz CT molecular complexity index is 988. The smallest absolute Gasteiger partial charge is 0.265 e. The predicted octanol–water partition coefficient (Wildman–Crippen LogP) is 5.60. The summed E-state index contributed by atoms with van der Waals surface area (Å²) in [5, 5.41) is -0.140. The zero-order valence-corrected chi connectivity index (χ0v) is 23.6. The lowest BCUT2D eigenvalue weighted by Gasteiger charge is -2.40. The Balaban J connectivity index is 3.61. The standard InChI is InChI=1S/C23H40O6S2Si/c1-10-11-12-13-21(31(26,27)20-16-14-18(2)15-17-20)22(28-30(7,24)25)19(3)29-32(8,9)23(4,5)6/h13-17,19,22H,10-12H2,1-9H3/b21-13-/t19-,22-/m0/s1. The lowest BCUT2D eigenvalue weighted by atomic mass is 10.1. The van der Waals surface area contributed by atoms with Gasteiger partial charge in [-0.3, -0.25) is 4.18 Å². The molecule has 1 rings (SSSR count). The number of benzene rings is 1. The van der Waals surface area contributed by atoms with Gasteiger partial charge < -0.3 is 4.43 Å². The number of rotatable bonds is 11. The number of unbranched alkanes of at least 4 members (excludes halogenated alkanes) is 2. The lowest BCUT2D eigenvalue weighted by molar-refractivity contribution is 0.0867. The summed E-state index contributed by atoms with van der Waals surface area (Å²) in [5.41, 5.74) is 0.930. The molecule has 0 heterocycles. The van der Waals surface area contributed by atoms with Gasteiger partial charge >= 0.3 is 0 Å². The van der Waals surface area contributed by atoms with E-state index in [1.807, 2.05) is 26.9 Å². The Morgan fingerprint density at radius 1 is 1.09 bits per heavy atom. The number of hydrogen-bond acceptors (Lipinski definition) is 6. The first-order chi connectivity index (χ1) is 14.4. The van der Waals surface area contributed by atoms with Crippen molar-refractivity contribution in [3.05, 3.63) is 40.8 Å². The molecule has 0 bridgehead atoms. The molecular formula is C23H40O6S2Si. The summed E-state index contributed by atoms with van der Waals surface area (Å²) >= 11 is 0. The predicted molar refractivity (Wildman–Crippen MR) is 133 cm³/mol. The fraction of sp³-hybridized carbons (Fsp3) is 0.652. The topological polar surface area (TPSA) is 86.7 Å². The fourth-order valence-electron chi connectivity index (χ4n) is 2.93. The summed E-state index contributed by atoms with van der Waals surface area (Å²) in [5.74, 6) is 0. The monoisotopic (exact) mass is 504 g/mol. The molecule has 0 saturated heterocycles. The number of sulfone groups is 1. The summed E-state index contributed by atoms with van der Waals surface area (Å²) in [6.45, 7) is 15.9. The van der Waals surface area contributed by atoms with Gasteiger partial charge in [-0.25, -0.2) is 8.42 Å². The molecule has 0 N–H and O–H groups in total. The van der Waals surface area contributed by atoms with Crippen LogP contribution in [0.2, 0.25) is 18.1 Å². The van der Waals surface area contributed by atoms with Gasteiger partial charge in [0.05, 0.1) is 22.2 Å². The van der Waals surface area contributed by atoms with Gasteiger partial charge in [-0.1, -0.05) is 64.3 Å². The molecule has 0 fully saturated rings. The van der Waals surface area contributed by atoms with Crippen molar-refractivity contribution in [1.82, 2.24) is 0 Å². The van der Waals surface area contributed by atoms with Crippen LogP contribution in [0.4, 0.5) is 0 Å². The van der Waals surface area contributed by atoms with Gasteiger partial charge in [-0.15, -0.1) is 0 Å². The molecular weight excluding hydrogens is 464 g/mol. The van der Waals surface area contributed by atoms with Gasteiger partial charge in [0, 0.05) is 0 Å². The highest BCUT2D eigenvalue weighted by atomic mass is 32.2. The maximum absolute atomic E-state index is 13.6. The highest BCUT2D eigenvalue weighted by molar-refractivity contribution is 7.95. The van der Waals surface area contributed by atoms with Gasteiger partial charge in [0.1, 0.15) is 6.10 Å². The second kappa shape index (κ2) is 10.9. The van der Waals surface area contributed by atoms with Gasteiger partial charge in [0.2, 0.25) is 9.84 Å². The van der Waals surface area contributed by atoms with Crippen LogP contribution in [0.25, 0.3) is 0 Å². The van der Waals surface area contributed by atoms with Crippen LogP contribution in [0.5, 0.6) is 0 Å². The molecule has 2 atom stereocenters. The van der Waals surface area contributed by atoms with Crippen molar-refractivity contribution < 1.29 is 25.4 Å². The van der Waals surface area contributed by atoms with Crippen LogP contribution in [-0.4, -0.2) is 43.6 Å². The Hall–Kier alpha value is -1.00. The second-order valence-electron chi connectivity index (χ2n) is 9.87. The van der Waals surface area contributed by atoms with Crippen molar-refractivity contribution in [2.24, 2.45) is 0 Å². The Kier molecular flexibility index (Phi) is 9.93. The van der Waals surface area contributed by atoms with Crippen molar-refractivity contribution in [1.29, 1.82) is 0 Å². The molecule has 0 aliphatic carbocycles. The highest BCUT2D eigenvalue weighted by Crippen LogP contribution is 2.39. The van der Waals surface area contributed by atoms with E-state index < -0.39 is 40.5 Å². The molecule has 184 valence electrons. The fourth-order valence-corrected chi connectivity index (χ4v) is 6.68. The van der Waals surface area contributed by atoms with Crippen LogP contribution < -0.4 is 0 Å². The summed E-state index contributed by atoms with van der Waals surface area (Å²) in [4.78, 5) is 0.0407. The van der Waals surface area contributed by atoms with Crippen molar-refractivity contribution in [2.75, 3.05) is 6.26 Å². The SMILES string of the molecule is CCCC/C=C(/[C@@H](OS(C)(=O)=O)[C@H](C)O[Si](C)(C)C(C)(C)C)S(=O)(=O)c1ccc(C)cc1. The third-order valence-electron chi connectivity index (χ3n) is 5.82. The first-order valence-electron chi connectivity index (χ1n) is 11.0. The Morgan fingerprint density at radius 3 is 2.06 bits per heavy atom. The van der Waals surface area contributed by atoms with Crippen LogP contribution in [0.15, 0.2) is 40.1 Å². The number of allylic oxidation sites excluding steroid dienone is 1. The molecule has 0 aromatic heterocycles. The first kappa shape index (κ1) is 29.0. The zero-order valence-electron chi connectivity index (χ0n) is 20.9. The van der Waals surface area contributed by atoms with Crippen molar-refractivity contribution in [3.8, 4) is 0 Å². The van der Waals surface area contributed by atoms with Gasteiger partial charge in [-0.2, -0.15) is 8.42 Å². The van der Waals surface area contributed by atoms with Crippen molar-refractivity contribution in [3.63, 3.8) is 0 Å². The van der Waals surface area contributed by atoms with Crippen molar-refractivity contribution in [2.45, 2.75) is 96.0 Å². The molecule has 1 aromatic carbocycles. The second-order valence-corrected chi connectivity index (χ2v) is 18.2. The summed E-state index contributed by atoms with van der Waals surface area (Å²) < 4.78 is 63.4. The van der Waals surface area contributed by atoms with Gasteiger partial charge in [0.25, 0.3) is 10.1 Å². The molecule has 0 spiro atoms. The minimum Gasteiger partial charge on any atom is -0.411 e. The summed E-state index contributed by atoms with van der Waals surface area (Å²) in [6.07, 6.45) is 2.62. The minimum atomic E-state index is -4.00. The third kappa shape index (κ3) is 8.09. The van der Waals surface area contributed by atoms with Gasteiger partial charge in [0.15, 0.2) is 8.32 Å². The highest BCUT2D eigenvalue weighted by Gasteiger charge is 2.43. The van der Waals surface area contributed by atoms with E-state index >= 15 is 0 Å². The first-order valence-corrected chi connectivity index (χ1v) is 17.2. The molecule has 0 aliphatic heterocycles. The van der Waals surface area contributed by atoms with Crippen LogP contribution in [-0.2, 0) is 28.6 Å². The molecule has 32 heavy (non-hydrogen) atoms. The number of hydrogen-bond donors (Lipinski definition) is 0. The average Bonchev–Trinajstić information content (AvgIpc) is 2.62. The van der Waals surface area contributed by atoms with E-state index in [-0.39, 0.29) is 14.8 Å². The van der Waals surface area contributed by atoms with E-state index in [0.29, 0.717) is 6.42 Å². The normalized spacial score (nSPS) is 16.1. The largest absolute Gasteiger partial charge is 0.411 e. The van der Waals surface area contributed by atoms with E-state index in [4.69, 9.17) is 8.61 Å². The van der Waals surface area contributed by atoms with Crippen molar-refractivity contribution >= 4 is 28.3 Å². The molecule has 6 nitrogen and oxygen atoms in total.